The number of benzene rings is 3. The van der Waals surface area contributed by atoms with Gasteiger partial charge in [-0.3, -0.25) is 4.79 Å². The van der Waals surface area contributed by atoms with Crippen molar-refractivity contribution in [2.24, 2.45) is 4.99 Å². The van der Waals surface area contributed by atoms with Crippen molar-refractivity contribution in [1.82, 2.24) is 0 Å². The lowest BCUT2D eigenvalue weighted by atomic mass is 10.0. The van der Waals surface area contributed by atoms with E-state index >= 15 is 0 Å². The maximum Gasteiger partial charge on any atom is 0.306 e. The van der Waals surface area contributed by atoms with Crippen LogP contribution in [0.2, 0.25) is 0 Å². The predicted molar refractivity (Wildman–Crippen MR) is 120 cm³/mol. The Kier molecular flexibility index (Phi) is 6.68. The Morgan fingerprint density at radius 1 is 0.900 bits per heavy atom. The Morgan fingerprint density at radius 3 is 2.00 bits per heavy atom. The minimum Gasteiger partial charge on any atom is -0.508 e. The van der Waals surface area contributed by atoms with Crippen molar-refractivity contribution in [3.63, 3.8) is 0 Å². The van der Waals surface area contributed by atoms with Crippen molar-refractivity contribution in [2.45, 2.75) is 39.2 Å². The van der Waals surface area contributed by atoms with Gasteiger partial charge in [0.1, 0.15) is 11.4 Å². The Labute approximate surface area is 177 Å². The van der Waals surface area contributed by atoms with Crippen LogP contribution >= 0.6 is 0 Å². The molecule has 4 nitrogen and oxygen atoms in total. The summed E-state index contributed by atoms with van der Waals surface area (Å²) in [7, 11) is 0. The fraction of sp³-hybridized carbons (Fsp3) is 0.231. The van der Waals surface area contributed by atoms with Gasteiger partial charge in [0.25, 0.3) is 0 Å². The van der Waals surface area contributed by atoms with E-state index in [0.717, 1.165) is 22.4 Å². The number of aliphatic imine (C=N–C) groups is 1. The van der Waals surface area contributed by atoms with Crippen molar-refractivity contribution in [3.8, 4) is 5.75 Å². The monoisotopic (exact) mass is 401 g/mol. The lowest BCUT2D eigenvalue weighted by molar-refractivity contribution is -0.154. The summed E-state index contributed by atoms with van der Waals surface area (Å²) in [5.74, 6) is -0.118. The van der Waals surface area contributed by atoms with Crippen LogP contribution in [0.3, 0.4) is 0 Å². The van der Waals surface area contributed by atoms with Gasteiger partial charge in [-0.05, 0) is 38.8 Å². The number of esters is 1. The van der Waals surface area contributed by atoms with Crippen molar-refractivity contribution in [3.05, 3.63) is 95.6 Å². The predicted octanol–water partition coefficient (Wildman–Crippen LogP) is 5.84. The molecule has 3 rings (SSSR count). The maximum absolute atomic E-state index is 12.2. The summed E-state index contributed by atoms with van der Waals surface area (Å²) < 4.78 is 5.42. The number of ether oxygens (including phenoxy) is 1. The first-order valence-electron chi connectivity index (χ1n) is 10.0. The van der Waals surface area contributed by atoms with E-state index in [1.807, 2.05) is 87.5 Å². The number of hydrogen-bond donors (Lipinski definition) is 1. The van der Waals surface area contributed by atoms with E-state index in [1.54, 1.807) is 12.1 Å². The van der Waals surface area contributed by atoms with Crippen LogP contribution in [0.25, 0.3) is 0 Å². The molecule has 3 aromatic carbocycles. The van der Waals surface area contributed by atoms with E-state index in [-0.39, 0.29) is 18.1 Å². The van der Waals surface area contributed by atoms with Gasteiger partial charge in [-0.15, -0.1) is 0 Å². The lowest BCUT2D eigenvalue weighted by Gasteiger charge is -2.19. The van der Waals surface area contributed by atoms with E-state index in [9.17, 15) is 9.90 Å². The normalized spacial score (nSPS) is 11.0. The van der Waals surface area contributed by atoms with Crippen molar-refractivity contribution in [2.75, 3.05) is 0 Å². The third-order valence-corrected chi connectivity index (χ3v) is 4.41. The van der Waals surface area contributed by atoms with Crippen LogP contribution in [0, 0.1) is 0 Å². The molecule has 154 valence electrons. The summed E-state index contributed by atoms with van der Waals surface area (Å²) in [4.78, 5) is 17.1. The first-order valence-corrected chi connectivity index (χ1v) is 10.0. The van der Waals surface area contributed by atoms with E-state index in [1.165, 1.54) is 0 Å². The lowest BCUT2D eigenvalue weighted by Crippen LogP contribution is -2.24. The zero-order valence-corrected chi connectivity index (χ0v) is 17.6. The molecule has 0 aromatic heterocycles. The number of carbonyl (C=O) groups is 1. The molecule has 0 aliphatic heterocycles. The van der Waals surface area contributed by atoms with Crippen molar-refractivity contribution < 1.29 is 14.6 Å². The Morgan fingerprint density at radius 2 is 1.47 bits per heavy atom. The second-order valence-electron chi connectivity index (χ2n) is 8.09. The molecule has 0 aliphatic carbocycles. The van der Waals surface area contributed by atoms with E-state index < -0.39 is 5.60 Å². The highest BCUT2D eigenvalue weighted by molar-refractivity contribution is 6.14. The largest absolute Gasteiger partial charge is 0.508 e. The summed E-state index contributed by atoms with van der Waals surface area (Å²) in [5.41, 5.74) is 3.76. The molecular weight excluding hydrogens is 374 g/mol. The van der Waals surface area contributed by atoms with Crippen LogP contribution in [-0.2, 0) is 16.0 Å². The van der Waals surface area contributed by atoms with E-state index in [4.69, 9.17) is 9.73 Å². The van der Waals surface area contributed by atoms with Gasteiger partial charge >= 0.3 is 5.97 Å². The molecule has 0 unspecified atom stereocenters. The minimum atomic E-state index is -0.513. The summed E-state index contributed by atoms with van der Waals surface area (Å²) in [6.45, 7) is 5.56. The third kappa shape index (κ3) is 6.05. The molecule has 30 heavy (non-hydrogen) atoms. The minimum absolute atomic E-state index is 0.134. The Hall–Kier alpha value is -3.40. The quantitative estimate of drug-likeness (QED) is 0.417. The van der Waals surface area contributed by atoms with Gasteiger partial charge in [-0.25, -0.2) is 4.99 Å². The average Bonchev–Trinajstić information content (AvgIpc) is 2.71. The second-order valence-corrected chi connectivity index (χ2v) is 8.09. The van der Waals surface area contributed by atoms with Gasteiger partial charge in [0.05, 0.1) is 11.4 Å². The zero-order chi connectivity index (χ0) is 21.6. The molecule has 0 saturated carbocycles. The Bertz CT molecular complexity index is 978. The van der Waals surface area contributed by atoms with Crippen molar-refractivity contribution >= 4 is 17.4 Å². The molecular formula is C26H27NO3. The van der Waals surface area contributed by atoms with Crippen LogP contribution in [0.15, 0.2) is 83.9 Å². The second kappa shape index (κ2) is 9.40. The number of rotatable bonds is 6. The number of aryl methyl sites for hydroxylation is 1. The number of aromatic hydroxyl groups is 1. The number of phenolic OH excluding ortho intramolecular Hbond substituents is 1. The summed E-state index contributed by atoms with van der Waals surface area (Å²) >= 11 is 0. The Balaban J connectivity index is 1.97. The molecule has 0 radical (unpaired) electrons. The topological polar surface area (TPSA) is 58.9 Å². The molecule has 1 N–H and O–H groups in total. The van der Waals surface area contributed by atoms with E-state index in [0.29, 0.717) is 12.1 Å². The SMILES string of the molecule is CC(C)(C)OC(=O)CCc1ccc(O)cc1N=C(c1ccccc1)c1ccccc1. The number of nitrogens with zero attached hydrogens (tertiary/aromatic N) is 1. The maximum atomic E-state index is 12.2. The molecule has 0 aliphatic rings. The molecule has 0 heterocycles. The molecule has 0 saturated heterocycles. The molecule has 3 aromatic rings. The van der Waals surface area contributed by atoms with Gasteiger partial charge in [-0.1, -0.05) is 66.7 Å². The van der Waals surface area contributed by atoms with Gasteiger partial charge in [-0.2, -0.15) is 0 Å². The highest BCUT2D eigenvalue weighted by Crippen LogP contribution is 2.28. The first kappa shape index (κ1) is 21.3. The molecule has 0 bridgehead atoms. The first-order chi connectivity index (χ1) is 14.3. The molecule has 0 spiro atoms. The molecule has 4 heteroatoms. The van der Waals surface area contributed by atoms with E-state index in [2.05, 4.69) is 0 Å². The van der Waals surface area contributed by atoms with Gasteiger partial charge in [0, 0.05) is 23.6 Å². The highest BCUT2D eigenvalue weighted by Gasteiger charge is 2.17. The van der Waals surface area contributed by atoms with Crippen LogP contribution in [0.4, 0.5) is 5.69 Å². The number of phenols is 1. The average molecular weight is 402 g/mol. The fourth-order valence-corrected chi connectivity index (χ4v) is 3.11. The van der Waals surface area contributed by atoms with Crippen LogP contribution < -0.4 is 0 Å². The fourth-order valence-electron chi connectivity index (χ4n) is 3.11. The highest BCUT2D eigenvalue weighted by atomic mass is 16.6. The summed E-state index contributed by atoms with van der Waals surface area (Å²) in [6.07, 6.45) is 0.724. The van der Waals surface area contributed by atoms with Gasteiger partial charge < -0.3 is 9.84 Å². The van der Waals surface area contributed by atoms with Gasteiger partial charge in [0.2, 0.25) is 0 Å². The molecule has 0 amide bonds. The van der Waals surface area contributed by atoms with Crippen LogP contribution in [0.5, 0.6) is 5.75 Å². The third-order valence-electron chi connectivity index (χ3n) is 4.41. The zero-order valence-electron chi connectivity index (χ0n) is 17.6. The summed E-state index contributed by atoms with van der Waals surface area (Å²) in [5, 5.41) is 10.1. The van der Waals surface area contributed by atoms with Crippen molar-refractivity contribution in [1.29, 1.82) is 0 Å². The molecule has 0 atom stereocenters. The van der Waals surface area contributed by atoms with Crippen LogP contribution in [0.1, 0.15) is 43.9 Å². The van der Waals surface area contributed by atoms with Crippen LogP contribution in [-0.4, -0.2) is 22.4 Å². The van der Waals surface area contributed by atoms with Gasteiger partial charge in [0.15, 0.2) is 0 Å². The smallest absolute Gasteiger partial charge is 0.306 e. The summed E-state index contributed by atoms with van der Waals surface area (Å²) in [6, 6.07) is 24.9. The number of hydrogen-bond acceptors (Lipinski definition) is 4. The molecule has 0 fully saturated rings. The number of carbonyl (C=O) groups excluding carboxylic acids is 1. The standard InChI is InChI=1S/C26H27NO3/c1-26(2,3)30-24(29)17-15-19-14-16-22(28)18-23(19)27-25(20-10-6-4-7-11-20)21-12-8-5-9-13-21/h4-14,16,18,28H,15,17H2,1-3H3.